The van der Waals surface area contributed by atoms with Crippen molar-refractivity contribution in [2.24, 2.45) is 13.0 Å². The highest BCUT2D eigenvalue weighted by molar-refractivity contribution is 6.11. The van der Waals surface area contributed by atoms with Gasteiger partial charge in [-0.15, -0.1) is 0 Å². The Morgan fingerprint density at radius 3 is 2.74 bits per heavy atom. The van der Waals surface area contributed by atoms with E-state index in [-0.39, 0.29) is 23.8 Å². The molecule has 0 radical (unpaired) electrons. The fraction of sp³-hybridized carbons (Fsp3) is 0.538. The van der Waals surface area contributed by atoms with Crippen LogP contribution in [0.15, 0.2) is 36.8 Å². The van der Waals surface area contributed by atoms with Crippen LogP contribution in [0.2, 0.25) is 0 Å². The van der Waals surface area contributed by atoms with Gasteiger partial charge in [-0.2, -0.15) is 0 Å². The molecule has 4 aliphatic heterocycles. The van der Waals surface area contributed by atoms with Gasteiger partial charge in [0.1, 0.15) is 11.2 Å². The van der Waals surface area contributed by atoms with Crippen LogP contribution in [0, 0.1) is 5.92 Å². The number of para-hydroxylation sites is 1. The van der Waals surface area contributed by atoms with Gasteiger partial charge in [-0.1, -0.05) is 18.2 Å². The minimum Gasteiger partial charge on any atom is -0.356 e. The van der Waals surface area contributed by atoms with E-state index in [4.69, 9.17) is 0 Å². The highest BCUT2D eigenvalue weighted by atomic mass is 16.2. The van der Waals surface area contributed by atoms with E-state index < -0.39 is 11.5 Å². The molecular weight excluding hydrogens is 444 g/mol. The zero-order chi connectivity index (χ0) is 24.2. The summed E-state index contributed by atoms with van der Waals surface area (Å²) in [6.45, 7) is 2.91. The molecule has 35 heavy (non-hydrogen) atoms. The lowest BCUT2D eigenvalue weighted by atomic mass is 9.78. The molecule has 5 heterocycles. The zero-order valence-corrected chi connectivity index (χ0v) is 20.2. The SMILES string of the molecule is Cn1cncc1C(=O)N1CCCNC(=O)[C@H]2C[C@@H]3CCCN3[C@@]23C(=O)N(CCC1)c1ccccc13. The molecule has 6 rings (SSSR count). The Morgan fingerprint density at radius 2 is 1.91 bits per heavy atom. The Kier molecular flexibility index (Phi) is 5.40. The molecule has 2 aromatic rings. The summed E-state index contributed by atoms with van der Waals surface area (Å²) in [6.07, 6.45) is 7.34. The summed E-state index contributed by atoms with van der Waals surface area (Å²) in [6, 6.07) is 8.25. The van der Waals surface area contributed by atoms with Crippen LogP contribution in [0.1, 0.15) is 48.2 Å². The molecule has 1 aromatic heterocycles. The second-order valence-electron chi connectivity index (χ2n) is 10.2. The quantitative estimate of drug-likeness (QED) is 0.674. The van der Waals surface area contributed by atoms with E-state index in [1.165, 1.54) is 0 Å². The number of hydrogen-bond acceptors (Lipinski definition) is 5. The first kappa shape index (κ1) is 22.3. The topological polar surface area (TPSA) is 90.8 Å². The maximum atomic E-state index is 14.3. The predicted molar refractivity (Wildman–Crippen MR) is 130 cm³/mol. The number of benzene rings is 1. The van der Waals surface area contributed by atoms with Crippen LogP contribution < -0.4 is 10.2 Å². The predicted octanol–water partition coefficient (Wildman–Crippen LogP) is 1.50. The van der Waals surface area contributed by atoms with Gasteiger partial charge in [0.2, 0.25) is 5.91 Å². The van der Waals surface area contributed by atoms with Crippen molar-refractivity contribution >= 4 is 23.4 Å². The van der Waals surface area contributed by atoms with Crippen LogP contribution in [0.5, 0.6) is 0 Å². The normalized spacial score (nSPS) is 29.1. The van der Waals surface area contributed by atoms with Gasteiger partial charge in [0.05, 0.1) is 18.4 Å². The molecule has 184 valence electrons. The summed E-state index contributed by atoms with van der Waals surface area (Å²) in [4.78, 5) is 51.3. The number of hydrogen-bond donors (Lipinski definition) is 1. The van der Waals surface area contributed by atoms with E-state index in [1.54, 1.807) is 17.1 Å². The van der Waals surface area contributed by atoms with Crippen LogP contribution in [0.3, 0.4) is 0 Å². The Morgan fingerprint density at radius 1 is 1.09 bits per heavy atom. The van der Waals surface area contributed by atoms with Gasteiger partial charge in [-0.25, -0.2) is 4.98 Å². The van der Waals surface area contributed by atoms with Gasteiger partial charge in [0, 0.05) is 50.5 Å². The monoisotopic (exact) mass is 476 g/mol. The van der Waals surface area contributed by atoms with Crippen molar-refractivity contribution in [3.63, 3.8) is 0 Å². The number of rotatable bonds is 1. The molecule has 3 fully saturated rings. The smallest absolute Gasteiger partial charge is 0.272 e. The van der Waals surface area contributed by atoms with Crippen LogP contribution in [0.4, 0.5) is 5.69 Å². The molecular formula is C26H32N6O3. The number of nitrogens with one attached hydrogen (secondary N) is 1. The molecule has 1 N–H and O–H groups in total. The Balaban J connectivity index is 1.36. The molecule has 1 aromatic carbocycles. The van der Waals surface area contributed by atoms with Gasteiger partial charge in [-0.05, 0) is 44.7 Å². The Hall–Kier alpha value is -3.20. The van der Waals surface area contributed by atoms with Crippen LogP contribution in [-0.4, -0.2) is 75.8 Å². The second kappa shape index (κ2) is 8.48. The highest BCUT2D eigenvalue weighted by Crippen LogP contribution is 2.57. The molecule has 3 atom stereocenters. The molecule has 1 spiro atoms. The first-order valence-electron chi connectivity index (χ1n) is 12.7. The Bertz CT molecular complexity index is 1180. The molecule has 9 nitrogen and oxygen atoms in total. The molecule has 9 heteroatoms. The van der Waals surface area contributed by atoms with Gasteiger partial charge in [-0.3, -0.25) is 19.3 Å². The molecule has 3 amide bonds. The number of amides is 3. The summed E-state index contributed by atoms with van der Waals surface area (Å²) in [5.74, 6) is -0.507. The lowest BCUT2D eigenvalue weighted by Gasteiger charge is -2.37. The zero-order valence-electron chi connectivity index (χ0n) is 20.2. The van der Waals surface area contributed by atoms with E-state index in [0.29, 0.717) is 51.1 Å². The molecule has 3 saturated heterocycles. The van der Waals surface area contributed by atoms with Crippen molar-refractivity contribution in [1.29, 1.82) is 0 Å². The van der Waals surface area contributed by atoms with Crippen LogP contribution in [0.25, 0.3) is 0 Å². The minimum atomic E-state index is -0.917. The van der Waals surface area contributed by atoms with Crippen molar-refractivity contribution in [3.05, 3.63) is 48.0 Å². The minimum absolute atomic E-state index is 0.0204. The van der Waals surface area contributed by atoms with Gasteiger partial charge >= 0.3 is 0 Å². The summed E-state index contributed by atoms with van der Waals surface area (Å²) in [7, 11) is 1.81. The lowest BCUT2D eigenvalue weighted by Crippen LogP contribution is -2.56. The Labute approximate surface area is 205 Å². The largest absolute Gasteiger partial charge is 0.356 e. The van der Waals surface area contributed by atoms with E-state index in [9.17, 15) is 14.4 Å². The first-order chi connectivity index (χ1) is 17.0. The number of nitrogens with zero attached hydrogens (tertiary/aromatic N) is 5. The molecule has 0 saturated carbocycles. The molecule has 0 aliphatic carbocycles. The molecule has 0 unspecified atom stereocenters. The summed E-state index contributed by atoms with van der Waals surface area (Å²) >= 11 is 0. The summed E-state index contributed by atoms with van der Waals surface area (Å²) in [5.41, 5.74) is 1.49. The standard InChI is InChI=1S/C26H32N6O3/c1-29-17-27-16-22(29)24(34)30-11-5-10-28-23(33)20-15-18-7-4-14-32(18)26(20)19-8-2-3-9-21(19)31(25(26)35)13-6-12-30/h2-3,8-9,16-18,20H,4-7,10-15H2,1H3,(H,28,33)/t18-,20+,26+/m0/s1. The van der Waals surface area contributed by atoms with Gasteiger partial charge in [0.25, 0.3) is 11.8 Å². The fourth-order valence-corrected chi connectivity index (χ4v) is 6.85. The number of fused-ring (bicyclic) bond motifs is 4. The number of aryl methyl sites for hydroxylation is 1. The van der Waals surface area contributed by atoms with Crippen LogP contribution >= 0.6 is 0 Å². The third-order valence-electron chi connectivity index (χ3n) is 8.37. The number of aromatic nitrogens is 2. The van der Waals surface area contributed by atoms with Gasteiger partial charge in [0.15, 0.2) is 0 Å². The van der Waals surface area contributed by atoms with Gasteiger partial charge < -0.3 is 19.7 Å². The first-order valence-corrected chi connectivity index (χ1v) is 12.7. The fourth-order valence-electron chi connectivity index (χ4n) is 6.85. The number of carbonyl (C=O) groups is 3. The van der Waals surface area contributed by atoms with Crippen molar-refractivity contribution < 1.29 is 14.4 Å². The van der Waals surface area contributed by atoms with Crippen molar-refractivity contribution in [1.82, 2.24) is 24.7 Å². The number of carbonyl (C=O) groups excluding carboxylic acids is 3. The van der Waals surface area contributed by atoms with Crippen LogP contribution in [-0.2, 0) is 22.2 Å². The maximum Gasteiger partial charge on any atom is 0.272 e. The lowest BCUT2D eigenvalue weighted by molar-refractivity contribution is -0.138. The average Bonchev–Trinajstić information content (AvgIpc) is 3.61. The van der Waals surface area contributed by atoms with E-state index in [1.807, 2.05) is 41.1 Å². The second-order valence-corrected chi connectivity index (χ2v) is 10.2. The maximum absolute atomic E-state index is 14.3. The molecule has 2 bridgehead atoms. The molecule has 4 aliphatic rings. The third-order valence-corrected chi connectivity index (χ3v) is 8.37. The van der Waals surface area contributed by atoms with Crippen molar-refractivity contribution in [2.45, 2.75) is 43.7 Å². The number of imidazole rings is 1. The van der Waals surface area contributed by atoms with E-state index >= 15 is 0 Å². The highest BCUT2D eigenvalue weighted by Gasteiger charge is 2.66. The number of anilines is 1. The average molecular weight is 477 g/mol. The third kappa shape index (κ3) is 3.24. The van der Waals surface area contributed by atoms with E-state index in [0.717, 1.165) is 30.6 Å². The van der Waals surface area contributed by atoms with E-state index in [2.05, 4.69) is 15.2 Å². The summed E-state index contributed by atoms with van der Waals surface area (Å²) in [5, 5.41) is 3.12. The summed E-state index contributed by atoms with van der Waals surface area (Å²) < 4.78 is 1.73. The van der Waals surface area contributed by atoms with Crippen molar-refractivity contribution in [2.75, 3.05) is 37.6 Å². The van der Waals surface area contributed by atoms with Crippen molar-refractivity contribution in [3.8, 4) is 0 Å².